The number of ether oxygens (including phenoxy) is 1. The van der Waals surface area contributed by atoms with Crippen LogP contribution in [0.5, 0.6) is 5.75 Å². The van der Waals surface area contributed by atoms with Gasteiger partial charge in [-0.25, -0.2) is 0 Å². The van der Waals surface area contributed by atoms with E-state index in [1.54, 1.807) is 11.8 Å². The maximum Gasteiger partial charge on any atom is 0.195 e. The molecule has 0 unspecified atom stereocenters. The smallest absolute Gasteiger partial charge is 0.195 e. The molecule has 0 atom stereocenters. The van der Waals surface area contributed by atoms with Crippen LogP contribution in [0.1, 0.15) is 29.8 Å². The minimum atomic E-state index is 0.638. The summed E-state index contributed by atoms with van der Waals surface area (Å²) < 4.78 is 8.26. The van der Waals surface area contributed by atoms with E-state index >= 15 is 0 Å². The van der Waals surface area contributed by atoms with E-state index < -0.39 is 0 Å². The summed E-state index contributed by atoms with van der Waals surface area (Å²) in [6.07, 6.45) is 2.55. The highest BCUT2D eigenvalue weighted by Crippen LogP contribution is 2.25. The maximum atomic E-state index is 6.06. The number of hydrogen-bond acceptors (Lipinski definition) is 5. The monoisotopic (exact) mass is 408 g/mol. The third-order valence-electron chi connectivity index (χ3n) is 5.25. The molecule has 6 heteroatoms. The molecular formula is C23H28N4OS. The number of rotatable bonds is 8. The van der Waals surface area contributed by atoms with Gasteiger partial charge < -0.3 is 4.74 Å². The maximum absolute atomic E-state index is 6.06. The fourth-order valence-corrected chi connectivity index (χ4v) is 4.56. The van der Waals surface area contributed by atoms with Crippen molar-refractivity contribution in [2.45, 2.75) is 38.4 Å². The number of thioether (sulfide) groups is 1. The van der Waals surface area contributed by atoms with Gasteiger partial charge >= 0.3 is 0 Å². The zero-order valence-corrected chi connectivity index (χ0v) is 18.0. The summed E-state index contributed by atoms with van der Waals surface area (Å²) >= 11 is 1.70. The SMILES string of the molecule is Cc1cccc(C)c1OCCSc1nnc(CN2CCCC2)n1-c1ccccc1. The second kappa shape index (κ2) is 9.46. The van der Waals surface area contributed by atoms with Gasteiger partial charge in [0, 0.05) is 11.4 Å². The number of benzene rings is 2. The summed E-state index contributed by atoms with van der Waals surface area (Å²) in [6.45, 7) is 7.96. The average molecular weight is 409 g/mol. The van der Waals surface area contributed by atoms with E-state index in [0.29, 0.717) is 6.61 Å². The van der Waals surface area contributed by atoms with Gasteiger partial charge in [-0.1, -0.05) is 48.2 Å². The van der Waals surface area contributed by atoms with Crippen molar-refractivity contribution in [2.24, 2.45) is 0 Å². The van der Waals surface area contributed by atoms with Crippen molar-refractivity contribution in [3.8, 4) is 11.4 Å². The lowest BCUT2D eigenvalue weighted by Crippen LogP contribution is -2.21. The molecule has 2 aromatic carbocycles. The lowest BCUT2D eigenvalue weighted by molar-refractivity contribution is 0.319. The van der Waals surface area contributed by atoms with E-state index in [9.17, 15) is 0 Å². The van der Waals surface area contributed by atoms with Crippen LogP contribution in [-0.2, 0) is 6.54 Å². The Morgan fingerprint density at radius 2 is 1.66 bits per heavy atom. The van der Waals surface area contributed by atoms with Crippen LogP contribution in [0, 0.1) is 13.8 Å². The first-order valence-corrected chi connectivity index (χ1v) is 11.2. The van der Waals surface area contributed by atoms with Crippen LogP contribution < -0.4 is 4.74 Å². The van der Waals surface area contributed by atoms with E-state index in [4.69, 9.17) is 4.74 Å². The predicted octanol–water partition coefficient (Wildman–Crippen LogP) is 4.65. The molecule has 0 saturated carbocycles. The van der Waals surface area contributed by atoms with E-state index in [0.717, 1.165) is 47.8 Å². The summed E-state index contributed by atoms with van der Waals surface area (Å²) in [5.41, 5.74) is 3.47. The zero-order valence-electron chi connectivity index (χ0n) is 17.2. The predicted molar refractivity (Wildman–Crippen MR) is 118 cm³/mol. The molecule has 0 N–H and O–H groups in total. The molecule has 152 valence electrons. The van der Waals surface area contributed by atoms with Gasteiger partial charge in [-0.3, -0.25) is 9.47 Å². The molecule has 0 radical (unpaired) electrons. The van der Waals surface area contributed by atoms with Gasteiger partial charge in [0.1, 0.15) is 5.75 Å². The van der Waals surface area contributed by atoms with Crippen molar-refractivity contribution in [1.29, 1.82) is 0 Å². The standard InChI is InChI=1S/C23H28N4OS/c1-18-9-8-10-19(2)22(18)28-15-16-29-23-25-24-21(17-26-13-6-7-14-26)27(23)20-11-4-3-5-12-20/h3-5,8-12H,6-7,13-17H2,1-2H3. The van der Waals surface area contributed by atoms with Gasteiger partial charge in [0.25, 0.3) is 0 Å². The average Bonchev–Trinajstić information content (AvgIpc) is 3.38. The van der Waals surface area contributed by atoms with E-state index in [1.807, 2.05) is 6.07 Å². The van der Waals surface area contributed by atoms with Crippen molar-refractivity contribution < 1.29 is 4.74 Å². The highest BCUT2D eigenvalue weighted by molar-refractivity contribution is 7.99. The first-order valence-electron chi connectivity index (χ1n) is 10.3. The Labute approximate surface area is 177 Å². The Morgan fingerprint density at radius 1 is 0.931 bits per heavy atom. The van der Waals surface area contributed by atoms with E-state index in [2.05, 4.69) is 76.0 Å². The molecule has 1 aromatic heterocycles. The molecule has 29 heavy (non-hydrogen) atoms. The molecule has 3 aromatic rings. The molecule has 0 bridgehead atoms. The summed E-state index contributed by atoms with van der Waals surface area (Å²) in [4.78, 5) is 2.46. The van der Waals surface area contributed by atoms with Crippen molar-refractivity contribution in [1.82, 2.24) is 19.7 Å². The Hall–Kier alpha value is -2.31. The van der Waals surface area contributed by atoms with Crippen LogP contribution in [-0.4, -0.2) is 45.1 Å². The van der Waals surface area contributed by atoms with Gasteiger partial charge in [0.05, 0.1) is 13.2 Å². The Kier molecular flexibility index (Phi) is 6.52. The fraction of sp³-hybridized carbons (Fsp3) is 0.391. The Morgan fingerprint density at radius 3 is 2.38 bits per heavy atom. The summed E-state index contributed by atoms with van der Waals surface area (Å²) in [6, 6.07) is 16.6. The minimum Gasteiger partial charge on any atom is -0.492 e. The molecule has 1 saturated heterocycles. The molecule has 4 rings (SSSR count). The van der Waals surface area contributed by atoms with Gasteiger partial charge in [-0.2, -0.15) is 0 Å². The lowest BCUT2D eigenvalue weighted by Gasteiger charge is -2.16. The molecule has 0 spiro atoms. The van der Waals surface area contributed by atoms with E-state index in [1.165, 1.54) is 24.0 Å². The second-order valence-electron chi connectivity index (χ2n) is 7.47. The number of aryl methyl sites for hydroxylation is 2. The van der Waals surface area contributed by atoms with Gasteiger partial charge in [0.15, 0.2) is 11.0 Å². The number of para-hydroxylation sites is 2. The molecule has 1 aliphatic rings. The number of nitrogens with zero attached hydrogens (tertiary/aromatic N) is 4. The van der Waals surface area contributed by atoms with Crippen LogP contribution in [0.4, 0.5) is 0 Å². The van der Waals surface area contributed by atoms with Gasteiger partial charge in [-0.15, -0.1) is 10.2 Å². The lowest BCUT2D eigenvalue weighted by atomic mass is 10.1. The third-order valence-corrected chi connectivity index (χ3v) is 6.14. The minimum absolute atomic E-state index is 0.638. The van der Waals surface area contributed by atoms with Crippen LogP contribution in [0.25, 0.3) is 5.69 Å². The molecule has 0 amide bonds. The number of aromatic nitrogens is 3. The first-order chi connectivity index (χ1) is 14.2. The largest absolute Gasteiger partial charge is 0.492 e. The number of hydrogen-bond donors (Lipinski definition) is 0. The third kappa shape index (κ3) is 4.82. The molecule has 1 aliphatic heterocycles. The van der Waals surface area contributed by atoms with Crippen LogP contribution in [0.15, 0.2) is 53.7 Å². The molecular weight excluding hydrogens is 380 g/mol. The zero-order chi connectivity index (χ0) is 20.1. The number of likely N-dealkylation sites (tertiary alicyclic amines) is 1. The molecule has 0 aliphatic carbocycles. The highest BCUT2D eigenvalue weighted by atomic mass is 32.2. The van der Waals surface area contributed by atoms with Crippen LogP contribution >= 0.6 is 11.8 Å². The first kappa shape index (κ1) is 20.0. The van der Waals surface area contributed by atoms with Gasteiger partial charge in [-0.05, 0) is 63.0 Å². The topological polar surface area (TPSA) is 43.2 Å². The van der Waals surface area contributed by atoms with Gasteiger partial charge in [0.2, 0.25) is 0 Å². The summed E-state index contributed by atoms with van der Waals surface area (Å²) in [7, 11) is 0. The van der Waals surface area contributed by atoms with Crippen molar-refractivity contribution in [2.75, 3.05) is 25.4 Å². The summed E-state index contributed by atoms with van der Waals surface area (Å²) in [5, 5.41) is 9.97. The Bertz CT molecular complexity index is 915. The van der Waals surface area contributed by atoms with E-state index in [-0.39, 0.29) is 0 Å². The quantitative estimate of drug-likeness (QED) is 0.401. The van der Waals surface area contributed by atoms with Crippen molar-refractivity contribution in [3.05, 3.63) is 65.5 Å². The molecule has 1 fully saturated rings. The Balaban J connectivity index is 1.46. The molecule has 2 heterocycles. The normalized spacial score (nSPS) is 14.4. The molecule has 5 nitrogen and oxygen atoms in total. The highest BCUT2D eigenvalue weighted by Gasteiger charge is 2.19. The van der Waals surface area contributed by atoms with Crippen molar-refractivity contribution in [3.63, 3.8) is 0 Å². The van der Waals surface area contributed by atoms with Crippen LogP contribution in [0.3, 0.4) is 0 Å². The van der Waals surface area contributed by atoms with Crippen molar-refractivity contribution >= 4 is 11.8 Å². The fourth-order valence-electron chi connectivity index (χ4n) is 3.78. The summed E-state index contributed by atoms with van der Waals surface area (Å²) in [5.74, 6) is 2.83. The second-order valence-corrected chi connectivity index (χ2v) is 8.53. The van der Waals surface area contributed by atoms with Crippen LogP contribution in [0.2, 0.25) is 0 Å².